The van der Waals surface area contributed by atoms with Crippen molar-refractivity contribution in [1.82, 2.24) is 5.43 Å². The fourth-order valence-corrected chi connectivity index (χ4v) is 4.19. The van der Waals surface area contributed by atoms with Crippen LogP contribution >= 0.6 is 15.9 Å². The summed E-state index contributed by atoms with van der Waals surface area (Å²) < 4.78 is 0. The van der Waals surface area contributed by atoms with Crippen molar-refractivity contribution in [3.63, 3.8) is 0 Å². The first kappa shape index (κ1) is 15.4. The van der Waals surface area contributed by atoms with Crippen molar-refractivity contribution in [2.24, 2.45) is 16.7 Å². The van der Waals surface area contributed by atoms with E-state index >= 15 is 0 Å². The van der Waals surface area contributed by atoms with Gasteiger partial charge in [-0.1, -0.05) is 54.9 Å². The second-order valence-electron chi connectivity index (χ2n) is 6.39. The zero-order chi connectivity index (χ0) is 14.8. The van der Waals surface area contributed by atoms with Gasteiger partial charge >= 0.3 is 0 Å². The molecule has 2 atom stereocenters. The van der Waals surface area contributed by atoms with Crippen molar-refractivity contribution < 1.29 is 4.79 Å². The summed E-state index contributed by atoms with van der Waals surface area (Å²) in [4.78, 5) is 12.6. The SMILES string of the molecule is CC1(C)[C@@H](CBr)CC[C@]1(C)C(=O)NNc1ccccc1. The van der Waals surface area contributed by atoms with Gasteiger partial charge in [-0.15, -0.1) is 0 Å². The van der Waals surface area contributed by atoms with E-state index in [9.17, 15) is 4.79 Å². The van der Waals surface area contributed by atoms with Crippen molar-refractivity contribution in [3.05, 3.63) is 30.3 Å². The number of hydrogen-bond donors (Lipinski definition) is 2. The Bertz CT molecular complexity index is 475. The Balaban J connectivity index is 2.05. The molecular weight excluding hydrogens is 316 g/mol. The Morgan fingerprint density at radius 1 is 1.30 bits per heavy atom. The molecule has 2 rings (SSSR count). The van der Waals surface area contributed by atoms with Gasteiger partial charge in [-0.05, 0) is 36.3 Å². The van der Waals surface area contributed by atoms with E-state index in [1.54, 1.807) is 0 Å². The summed E-state index contributed by atoms with van der Waals surface area (Å²) in [5.74, 6) is 0.616. The molecule has 4 heteroatoms. The van der Waals surface area contributed by atoms with Crippen molar-refractivity contribution in [3.8, 4) is 0 Å². The zero-order valence-electron chi connectivity index (χ0n) is 12.4. The number of amides is 1. The second kappa shape index (κ2) is 5.76. The molecule has 0 spiro atoms. The van der Waals surface area contributed by atoms with E-state index in [4.69, 9.17) is 0 Å². The van der Waals surface area contributed by atoms with E-state index in [0.717, 1.165) is 23.9 Å². The molecule has 0 aliphatic heterocycles. The van der Waals surface area contributed by atoms with E-state index < -0.39 is 0 Å². The highest BCUT2D eigenvalue weighted by atomic mass is 79.9. The third-order valence-corrected chi connectivity index (χ3v) is 6.00. The molecule has 1 aromatic rings. The van der Waals surface area contributed by atoms with Crippen molar-refractivity contribution >= 4 is 27.5 Å². The lowest BCUT2D eigenvalue weighted by Gasteiger charge is -2.40. The van der Waals surface area contributed by atoms with Crippen molar-refractivity contribution in [2.75, 3.05) is 10.8 Å². The van der Waals surface area contributed by atoms with E-state index in [-0.39, 0.29) is 16.7 Å². The molecule has 1 fully saturated rings. The highest BCUT2D eigenvalue weighted by Gasteiger charge is 2.55. The summed E-state index contributed by atoms with van der Waals surface area (Å²) in [6.45, 7) is 6.49. The Labute approximate surface area is 129 Å². The Morgan fingerprint density at radius 3 is 2.50 bits per heavy atom. The molecular formula is C16H23BrN2O. The van der Waals surface area contributed by atoms with E-state index in [1.165, 1.54) is 0 Å². The molecule has 1 saturated carbocycles. The second-order valence-corrected chi connectivity index (χ2v) is 7.04. The number of halogens is 1. The first-order valence-electron chi connectivity index (χ1n) is 7.09. The quantitative estimate of drug-likeness (QED) is 0.644. The molecule has 0 radical (unpaired) electrons. The van der Waals surface area contributed by atoms with Gasteiger partial charge in [0.25, 0.3) is 0 Å². The molecule has 2 N–H and O–H groups in total. The van der Waals surface area contributed by atoms with Crippen LogP contribution in [-0.2, 0) is 4.79 Å². The van der Waals surface area contributed by atoms with Gasteiger partial charge in [0.2, 0.25) is 5.91 Å². The number of carbonyl (C=O) groups excluding carboxylic acids is 1. The largest absolute Gasteiger partial charge is 0.299 e. The van der Waals surface area contributed by atoms with Gasteiger partial charge in [-0.3, -0.25) is 15.6 Å². The maximum absolute atomic E-state index is 12.6. The maximum atomic E-state index is 12.6. The third kappa shape index (κ3) is 2.58. The number of anilines is 1. The monoisotopic (exact) mass is 338 g/mol. The van der Waals surface area contributed by atoms with Crippen LogP contribution in [0.3, 0.4) is 0 Å². The minimum Gasteiger partial charge on any atom is -0.299 e. The van der Waals surface area contributed by atoms with Crippen LogP contribution in [0.25, 0.3) is 0 Å². The van der Waals surface area contributed by atoms with Crippen molar-refractivity contribution in [1.29, 1.82) is 0 Å². The number of carbonyl (C=O) groups is 1. The van der Waals surface area contributed by atoms with Gasteiger partial charge in [-0.25, -0.2) is 0 Å². The van der Waals surface area contributed by atoms with Crippen molar-refractivity contribution in [2.45, 2.75) is 33.6 Å². The lowest BCUT2D eigenvalue weighted by atomic mass is 9.65. The third-order valence-electron chi connectivity index (χ3n) is 5.22. The molecule has 110 valence electrons. The zero-order valence-corrected chi connectivity index (χ0v) is 14.0. The summed E-state index contributed by atoms with van der Waals surface area (Å²) in [5, 5.41) is 0.953. The van der Waals surface area contributed by atoms with Crippen LogP contribution in [-0.4, -0.2) is 11.2 Å². The number of hydrogen-bond acceptors (Lipinski definition) is 2. The van der Waals surface area contributed by atoms with Gasteiger partial charge in [0.1, 0.15) is 0 Å². The highest BCUT2D eigenvalue weighted by Crippen LogP contribution is 2.56. The molecule has 20 heavy (non-hydrogen) atoms. The highest BCUT2D eigenvalue weighted by molar-refractivity contribution is 9.09. The fourth-order valence-electron chi connectivity index (χ4n) is 3.06. The van der Waals surface area contributed by atoms with Crippen LogP contribution in [0, 0.1) is 16.7 Å². The summed E-state index contributed by atoms with van der Waals surface area (Å²) in [6, 6.07) is 9.70. The van der Waals surface area contributed by atoms with Gasteiger partial charge in [0.05, 0.1) is 11.1 Å². The lowest BCUT2D eigenvalue weighted by Crippen LogP contribution is -2.48. The Kier molecular flexibility index (Phi) is 4.43. The smallest absolute Gasteiger partial charge is 0.244 e. The number of alkyl halides is 1. The number of rotatable bonds is 4. The van der Waals surface area contributed by atoms with E-state index in [2.05, 4.69) is 47.6 Å². The van der Waals surface area contributed by atoms with Crippen LogP contribution in [0.4, 0.5) is 5.69 Å². The number of nitrogens with one attached hydrogen (secondary N) is 2. The molecule has 0 saturated heterocycles. The number of benzene rings is 1. The van der Waals surface area contributed by atoms with E-state index in [0.29, 0.717) is 5.92 Å². The van der Waals surface area contributed by atoms with Gasteiger partial charge < -0.3 is 0 Å². The maximum Gasteiger partial charge on any atom is 0.244 e. The number of hydrazine groups is 1. The molecule has 1 aromatic carbocycles. The predicted molar refractivity (Wildman–Crippen MR) is 86.6 cm³/mol. The van der Waals surface area contributed by atoms with E-state index in [1.807, 2.05) is 30.3 Å². The van der Waals surface area contributed by atoms with Crippen LogP contribution in [0.2, 0.25) is 0 Å². The molecule has 3 nitrogen and oxygen atoms in total. The minimum atomic E-state index is -0.340. The molecule has 1 amide bonds. The summed E-state index contributed by atoms with van der Waals surface area (Å²) in [6.07, 6.45) is 2.02. The van der Waals surface area contributed by atoms with Gasteiger partial charge in [0, 0.05) is 5.33 Å². The van der Waals surface area contributed by atoms with Crippen LogP contribution in [0.1, 0.15) is 33.6 Å². The Hall–Kier alpha value is -1.03. The standard InChI is InChI=1S/C16H23BrN2O/c1-15(2)12(11-17)9-10-16(15,3)14(20)19-18-13-7-5-4-6-8-13/h4-8,12,18H,9-11H2,1-3H3,(H,19,20)/t12-,16-/m1/s1. The average Bonchev–Trinajstić information content (AvgIpc) is 2.68. The summed E-state index contributed by atoms with van der Waals surface area (Å²) in [7, 11) is 0. The minimum absolute atomic E-state index is 0.0149. The van der Waals surface area contributed by atoms with Gasteiger partial charge in [0.15, 0.2) is 0 Å². The molecule has 1 aliphatic carbocycles. The first-order chi connectivity index (χ1) is 9.41. The average molecular weight is 339 g/mol. The molecule has 0 bridgehead atoms. The summed E-state index contributed by atoms with van der Waals surface area (Å²) in [5.41, 5.74) is 6.43. The molecule has 0 aromatic heterocycles. The topological polar surface area (TPSA) is 41.1 Å². The molecule has 0 heterocycles. The Morgan fingerprint density at radius 2 is 1.95 bits per heavy atom. The molecule has 0 unspecified atom stereocenters. The molecule has 1 aliphatic rings. The lowest BCUT2D eigenvalue weighted by molar-refractivity contribution is -0.135. The van der Waals surface area contributed by atoms with Crippen LogP contribution < -0.4 is 10.9 Å². The van der Waals surface area contributed by atoms with Crippen LogP contribution in [0.5, 0.6) is 0 Å². The number of para-hydroxylation sites is 1. The first-order valence-corrected chi connectivity index (χ1v) is 8.21. The normalized spacial score (nSPS) is 28.1. The fraction of sp³-hybridized carbons (Fsp3) is 0.562. The predicted octanol–water partition coefficient (Wildman–Crippen LogP) is 3.97. The summed E-state index contributed by atoms with van der Waals surface area (Å²) >= 11 is 3.58. The van der Waals surface area contributed by atoms with Gasteiger partial charge in [-0.2, -0.15) is 0 Å². The van der Waals surface area contributed by atoms with Crippen LogP contribution in [0.15, 0.2) is 30.3 Å².